The van der Waals surface area contributed by atoms with E-state index in [1.165, 1.54) is 12.4 Å². The van der Waals surface area contributed by atoms with Crippen molar-refractivity contribution in [2.45, 2.75) is 25.2 Å². The van der Waals surface area contributed by atoms with Crippen LogP contribution >= 0.6 is 15.9 Å². The van der Waals surface area contributed by atoms with Gasteiger partial charge in [0.05, 0.1) is 21.8 Å². The third kappa shape index (κ3) is 3.25. The molecule has 0 atom stereocenters. The average molecular weight is 343 g/mol. The molecule has 2 rings (SSSR count). The lowest BCUT2D eigenvalue weighted by Crippen LogP contribution is -2.13. The Hall–Kier alpha value is -1.14. The highest BCUT2D eigenvalue weighted by molar-refractivity contribution is 9.10. The molecule has 0 aliphatic carbocycles. The molecule has 0 spiro atoms. The molecule has 1 aromatic heterocycles. The van der Waals surface area contributed by atoms with E-state index in [4.69, 9.17) is 0 Å². The van der Waals surface area contributed by atoms with Crippen LogP contribution in [-0.2, 0) is 16.4 Å². The van der Waals surface area contributed by atoms with Gasteiger partial charge in [0.1, 0.15) is 0 Å². The number of rotatable bonds is 4. The van der Waals surface area contributed by atoms with Crippen molar-refractivity contribution in [3.05, 3.63) is 46.7 Å². The molecule has 0 saturated heterocycles. The van der Waals surface area contributed by atoms with Gasteiger partial charge in [-0.1, -0.05) is 26.0 Å². The standard InChI is InChI=1S/C13H15BrN2O2S/c1-10(2)7-11-3-5-13(6-4-11)19(17,18)16-9-12(14)8-15-16/h3-6,8-10H,7H2,1-2H3. The van der Waals surface area contributed by atoms with Gasteiger partial charge in [0.2, 0.25) is 0 Å². The first-order chi connectivity index (χ1) is 8.89. The molecule has 0 aliphatic heterocycles. The fourth-order valence-electron chi connectivity index (χ4n) is 1.79. The van der Waals surface area contributed by atoms with Crippen molar-refractivity contribution in [1.29, 1.82) is 0 Å². The Morgan fingerprint density at radius 2 is 1.89 bits per heavy atom. The summed E-state index contributed by atoms with van der Waals surface area (Å²) in [5, 5.41) is 3.82. The Morgan fingerprint density at radius 1 is 1.26 bits per heavy atom. The fourth-order valence-corrected chi connectivity index (χ4v) is 3.33. The van der Waals surface area contributed by atoms with Crippen LogP contribution in [0.2, 0.25) is 0 Å². The van der Waals surface area contributed by atoms with Crippen LogP contribution < -0.4 is 0 Å². The summed E-state index contributed by atoms with van der Waals surface area (Å²) in [6.45, 7) is 4.26. The van der Waals surface area contributed by atoms with Crippen molar-refractivity contribution in [2.24, 2.45) is 5.92 Å². The predicted octanol–water partition coefficient (Wildman–Crippen LogP) is 3.08. The minimum atomic E-state index is -3.59. The lowest BCUT2D eigenvalue weighted by molar-refractivity contribution is 0.580. The van der Waals surface area contributed by atoms with Crippen molar-refractivity contribution in [3.63, 3.8) is 0 Å². The molecular formula is C13H15BrN2O2S. The molecule has 0 fully saturated rings. The van der Waals surface area contributed by atoms with Gasteiger partial charge < -0.3 is 0 Å². The summed E-state index contributed by atoms with van der Waals surface area (Å²) < 4.78 is 26.1. The quantitative estimate of drug-likeness (QED) is 0.857. The van der Waals surface area contributed by atoms with Crippen LogP contribution in [0.25, 0.3) is 0 Å². The van der Waals surface area contributed by atoms with Crippen LogP contribution in [0.3, 0.4) is 0 Å². The predicted molar refractivity (Wildman–Crippen MR) is 77.5 cm³/mol. The minimum Gasteiger partial charge on any atom is -0.199 e. The first-order valence-electron chi connectivity index (χ1n) is 5.94. The van der Waals surface area contributed by atoms with Gasteiger partial charge in [-0.2, -0.15) is 17.6 Å². The van der Waals surface area contributed by atoms with Crippen LogP contribution in [0.4, 0.5) is 0 Å². The highest BCUT2D eigenvalue weighted by Crippen LogP contribution is 2.17. The number of halogens is 1. The Labute approximate surface area is 121 Å². The summed E-state index contributed by atoms with van der Waals surface area (Å²) in [5.41, 5.74) is 1.13. The van der Waals surface area contributed by atoms with Crippen molar-refractivity contribution in [3.8, 4) is 0 Å². The molecular weight excluding hydrogens is 328 g/mol. The summed E-state index contributed by atoms with van der Waals surface area (Å²) in [5.74, 6) is 0.546. The largest absolute Gasteiger partial charge is 0.282 e. The second-order valence-corrected chi connectivity index (χ2v) is 7.49. The summed E-state index contributed by atoms with van der Waals surface area (Å²) in [7, 11) is -3.59. The van der Waals surface area contributed by atoms with Crippen LogP contribution in [0, 0.1) is 5.92 Å². The molecule has 0 bridgehead atoms. The number of hydrogen-bond acceptors (Lipinski definition) is 3. The van der Waals surface area contributed by atoms with Gasteiger partial charge in [-0.15, -0.1) is 0 Å². The van der Waals surface area contributed by atoms with Crippen molar-refractivity contribution in [1.82, 2.24) is 9.19 Å². The van der Waals surface area contributed by atoms with E-state index in [1.807, 2.05) is 12.1 Å². The summed E-state index contributed by atoms with van der Waals surface area (Å²) in [6.07, 6.45) is 3.82. The fraction of sp³-hybridized carbons (Fsp3) is 0.308. The maximum absolute atomic E-state index is 12.3. The van der Waals surface area contributed by atoms with Gasteiger partial charge in [-0.3, -0.25) is 0 Å². The average Bonchev–Trinajstić information content (AvgIpc) is 2.76. The van der Waals surface area contributed by atoms with E-state index in [2.05, 4.69) is 34.9 Å². The van der Waals surface area contributed by atoms with Crippen LogP contribution in [-0.4, -0.2) is 17.6 Å². The van der Waals surface area contributed by atoms with E-state index in [0.717, 1.165) is 16.1 Å². The Kier molecular flexibility index (Phi) is 4.10. The van der Waals surface area contributed by atoms with E-state index >= 15 is 0 Å². The molecule has 19 heavy (non-hydrogen) atoms. The topological polar surface area (TPSA) is 52.0 Å². The molecule has 0 saturated carbocycles. The maximum atomic E-state index is 12.3. The smallest absolute Gasteiger partial charge is 0.199 e. The molecule has 0 unspecified atom stereocenters. The number of aromatic nitrogens is 2. The molecule has 0 aliphatic rings. The highest BCUT2D eigenvalue weighted by Gasteiger charge is 2.17. The van der Waals surface area contributed by atoms with E-state index in [9.17, 15) is 8.42 Å². The summed E-state index contributed by atoms with van der Waals surface area (Å²) in [4.78, 5) is 0.246. The van der Waals surface area contributed by atoms with Crippen molar-refractivity contribution in [2.75, 3.05) is 0 Å². The molecule has 102 valence electrons. The highest BCUT2D eigenvalue weighted by atomic mass is 79.9. The van der Waals surface area contributed by atoms with Gasteiger partial charge in [-0.05, 0) is 46.0 Å². The van der Waals surface area contributed by atoms with E-state index in [0.29, 0.717) is 10.4 Å². The monoisotopic (exact) mass is 342 g/mol. The van der Waals surface area contributed by atoms with Crippen LogP contribution in [0.15, 0.2) is 46.0 Å². The second kappa shape index (κ2) is 5.46. The van der Waals surface area contributed by atoms with Crippen LogP contribution in [0.5, 0.6) is 0 Å². The lowest BCUT2D eigenvalue weighted by atomic mass is 10.0. The maximum Gasteiger partial charge on any atom is 0.282 e. The molecule has 1 heterocycles. The molecule has 4 nitrogen and oxygen atoms in total. The third-order valence-electron chi connectivity index (χ3n) is 2.64. The molecule has 0 radical (unpaired) electrons. The zero-order valence-electron chi connectivity index (χ0n) is 10.7. The number of nitrogens with zero attached hydrogens (tertiary/aromatic N) is 2. The second-order valence-electron chi connectivity index (χ2n) is 4.78. The Balaban J connectivity index is 2.31. The van der Waals surface area contributed by atoms with Gasteiger partial charge >= 0.3 is 0 Å². The zero-order valence-corrected chi connectivity index (χ0v) is 13.1. The SMILES string of the molecule is CC(C)Cc1ccc(S(=O)(=O)n2cc(Br)cn2)cc1. The van der Waals surface area contributed by atoms with E-state index in [-0.39, 0.29) is 4.90 Å². The van der Waals surface area contributed by atoms with Gasteiger partial charge in [0.15, 0.2) is 0 Å². The number of benzene rings is 1. The molecule has 6 heteroatoms. The minimum absolute atomic E-state index is 0.246. The summed E-state index contributed by atoms with van der Waals surface area (Å²) in [6, 6.07) is 6.96. The van der Waals surface area contributed by atoms with Crippen LogP contribution in [0.1, 0.15) is 19.4 Å². The van der Waals surface area contributed by atoms with Gasteiger partial charge in [0, 0.05) is 0 Å². The molecule has 0 N–H and O–H groups in total. The Morgan fingerprint density at radius 3 is 2.37 bits per heavy atom. The zero-order chi connectivity index (χ0) is 14.0. The first kappa shape index (κ1) is 14.3. The summed E-state index contributed by atoms with van der Waals surface area (Å²) >= 11 is 3.19. The number of hydrogen-bond donors (Lipinski definition) is 0. The third-order valence-corrected chi connectivity index (χ3v) is 4.61. The van der Waals surface area contributed by atoms with E-state index < -0.39 is 10.0 Å². The molecule has 0 amide bonds. The van der Waals surface area contributed by atoms with Crippen molar-refractivity contribution < 1.29 is 8.42 Å². The normalized spacial score (nSPS) is 12.0. The Bertz CT molecular complexity index is 660. The van der Waals surface area contributed by atoms with Gasteiger partial charge in [0.25, 0.3) is 10.0 Å². The van der Waals surface area contributed by atoms with E-state index in [1.54, 1.807) is 12.1 Å². The lowest BCUT2D eigenvalue weighted by Gasteiger charge is -2.07. The molecule has 1 aromatic carbocycles. The van der Waals surface area contributed by atoms with Gasteiger partial charge in [-0.25, -0.2) is 0 Å². The molecule has 2 aromatic rings. The first-order valence-corrected chi connectivity index (χ1v) is 8.17. The van der Waals surface area contributed by atoms with Crippen molar-refractivity contribution >= 4 is 26.0 Å².